The predicted octanol–water partition coefficient (Wildman–Crippen LogP) is 4.45. The van der Waals surface area contributed by atoms with Gasteiger partial charge in [0.2, 0.25) is 23.5 Å². The van der Waals surface area contributed by atoms with Crippen LogP contribution in [0.2, 0.25) is 10.0 Å². The van der Waals surface area contributed by atoms with E-state index >= 15 is 0 Å². The number of nitrogens with one attached hydrogen (secondary N) is 4. The second-order valence-corrected chi connectivity index (χ2v) is 18.8. The van der Waals surface area contributed by atoms with Crippen LogP contribution in [0.4, 0.5) is 0 Å². The summed E-state index contributed by atoms with van der Waals surface area (Å²) in [5, 5.41) is 29.4. The molecule has 1 spiro atoms. The Hall–Kier alpha value is -4.32. The smallest absolute Gasteiger partial charge is 0.336 e. The third kappa shape index (κ3) is 11.5. The highest BCUT2D eigenvalue weighted by Gasteiger charge is 2.52. The molecular weight excluding hydrogens is 846 g/mol. The Bertz CT molecular complexity index is 1940. The van der Waals surface area contributed by atoms with Gasteiger partial charge in [-0.1, -0.05) is 86.1 Å². The van der Waals surface area contributed by atoms with Crippen LogP contribution in [0.5, 0.6) is 0 Å². The summed E-state index contributed by atoms with van der Waals surface area (Å²) in [6.07, 6.45) is 5.35. The number of carbonyl (C=O) groups is 8. The van der Waals surface area contributed by atoms with Gasteiger partial charge in [-0.2, -0.15) is 0 Å². The number of ketones is 1. The molecule has 1 saturated carbocycles. The van der Waals surface area contributed by atoms with Gasteiger partial charge in [-0.05, 0) is 60.8 Å². The monoisotopic (exact) mass is 891 g/mol. The largest absolute Gasteiger partial charge is 0.479 e. The van der Waals surface area contributed by atoms with Crippen molar-refractivity contribution >= 4 is 94.0 Å². The number of hydrogen-bond acceptors (Lipinski definition) is 10. The zero-order valence-corrected chi connectivity index (χ0v) is 35.4. The van der Waals surface area contributed by atoms with Crippen molar-refractivity contribution in [2.24, 2.45) is 5.92 Å². The Balaban J connectivity index is 1.34. The second-order valence-electron chi connectivity index (χ2n) is 14.8. The lowest BCUT2D eigenvalue weighted by Crippen LogP contribution is -2.58. The fourth-order valence-corrected chi connectivity index (χ4v) is 11.3. The molecule has 6 N–H and O–H groups in total. The molecular formula is C40H47Cl2N5O10S2. The number of thioether (sulfide) groups is 2. The molecule has 15 nitrogen and oxygen atoms in total. The summed E-state index contributed by atoms with van der Waals surface area (Å²) in [4.78, 5) is 108. The van der Waals surface area contributed by atoms with Gasteiger partial charge in [-0.15, -0.1) is 23.5 Å². The number of carbonyl (C=O) groups excluding carboxylic acids is 6. The second kappa shape index (κ2) is 20.8. The molecule has 2 heterocycles. The van der Waals surface area contributed by atoms with Crippen LogP contribution in [0, 0.1) is 5.92 Å². The van der Waals surface area contributed by atoms with Gasteiger partial charge in [0.25, 0.3) is 11.8 Å². The highest BCUT2D eigenvalue weighted by molar-refractivity contribution is 8.18. The molecule has 5 rings (SSSR count). The SMILES string of the molecule is CCC[C@@H](NC(=O)[C@@H]1CC2(CN1C(=O)[C@@H](NC(=O)c1cc(Cl)c(Cl)cc1C(=O)O)C1CCCCC1)SCCCS2)C(=O)C(=O)NCC(=O)NC(C(=O)O)c1ccccc1. The minimum absolute atomic E-state index is 0.0464. The molecule has 19 heteroatoms. The molecule has 3 fully saturated rings. The van der Waals surface area contributed by atoms with Gasteiger partial charge in [0, 0.05) is 13.0 Å². The van der Waals surface area contributed by atoms with E-state index in [0.717, 1.165) is 49.3 Å². The summed E-state index contributed by atoms with van der Waals surface area (Å²) < 4.78 is -0.556. The number of nitrogens with zero attached hydrogens (tertiary/aromatic N) is 1. The summed E-state index contributed by atoms with van der Waals surface area (Å²) in [5.41, 5.74) is -0.369. The third-order valence-electron chi connectivity index (χ3n) is 10.6. The standard InChI is InChI=1S/C40H47Cl2N5O10S2/c1-2-10-28(33(49)36(52)43-20-30(48)45-32(39(56)57)23-13-7-4-8-14-23)44-35(51)29-19-40(58-15-9-16-59-40)21-47(29)37(53)31(22-11-5-3-6-12-22)46-34(50)24-17-26(41)27(42)18-25(24)38(54)55/h4,7-8,13-14,17-18,22,28-29,31-32H,2-3,5-6,9-12,15-16,19-21H2,1H3,(H,43,52)(H,44,51)(H,45,48)(H,46,50)(H,54,55)(H,56,57)/t28-,29+,31+,32?/m1/s1. The molecule has 2 aromatic carbocycles. The van der Waals surface area contributed by atoms with Crippen molar-refractivity contribution in [3.05, 3.63) is 69.2 Å². The molecule has 0 bridgehead atoms. The van der Waals surface area contributed by atoms with E-state index in [1.807, 2.05) is 0 Å². The maximum absolute atomic E-state index is 14.8. The van der Waals surface area contributed by atoms with Crippen molar-refractivity contribution in [3.63, 3.8) is 0 Å². The molecule has 2 saturated heterocycles. The van der Waals surface area contributed by atoms with Gasteiger partial charge in [0.15, 0.2) is 6.04 Å². The van der Waals surface area contributed by atoms with Crippen LogP contribution in [0.15, 0.2) is 42.5 Å². The van der Waals surface area contributed by atoms with E-state index in [-0.39, 0.29) is 40.9 Å². The molecule has 1 aliphatic carbocycles. The number of likely N-dealkylation sites (tertiary alicyclic amines) is 1. The van der Waals surface area contributed by atoms with Gasteiger partial charge in [-0.3, -0.25) is 28.8 Å². The minimum atomic E-state index is -1.41. The van der Waals surface area contributed by atoms with E-state index < -0.39 is 87.6 Å². The average Bonchev–Trinajstić information content (AvgIpc) is 3.60. The van der Waals surface area contributed by atoms with Crippen molar-refractivity contribution in [1.29, 1.82) is 0 Å². The van der Waals surface area contributed by atoms with Crippen molar-refractivity contribution < 1.29 is 48.6 Å². The molecule has 2 aliphatic heterocycles. The fraction of sp³-hybridized carbons (Fsp3) is 0.500. The Labute approximate surface area is 359 Å². The highest BCUT2D eigenvalue weighted by Crippen LogP contribution is 2.50. The summed E-state index contributed by atoms with van der Waals surface area (Å²) in [6.45, 7) is 1.21. The summed E-state index contributed by atoms with van der Waals surface area (Å²) >= 11 is 15.5. The number of hydrogen-bond donors (Lipinski definition) is 6. The molecule has 0 radical (unpaired) electrons. The van der Waals surface area contributed by atoms with E-state index in [1.54, 1.807) is 48.6 Å². The van der Waals surface area contributed by atoms with E-state index in [2.05, 4.69) is 21.3 Å². The number of aliphatic carboxylic acids is 1. The van der Waals surface area contributed by atoms with Crippen LogP contribution in [0.25, 0.3) is 0 Å². The van der Waals surface area contributed by atoms with Gasteiger partial charge >= 0.3 is 11.9 Å². The lowest BCUT2D eigenvalue weighted by molar-refractivity contribution is -0.144. The first-order valence-electron chi connectivity index (χ1n) is 19.5. The molecule has 59 heavy (non-hydrogen) atoms. The fourth-order valence-electron chi connectivity index (χ4n) is 7.67. The average molecular weight is 893 g/mol. The van der Waals surface area contributed by atoms with Crippen LogP contribution in [0.1, 0.15) is 97.0 Å². The number of rotatable bonds is 16. The van der Waals surface area contributed by atoms with Gasteiger partial charge in [0.05, 0.1) is 37.8 Å². The van der Waals surface area contributed by atoms with Crippen molar-refractivity contribution in [2.75, 3.05) is 24.6 Å². The Kier molecular flexibility index (Phi) is 16.1. The molecule has 5 amide bonds. The number of halogens is 2. The van der Waals surface area contributed by atoms with Crippen molar-refractivity contribution in [3.8, 4) is 0 Å². The van der Waals surface area contributed by atoms with Gasteiger partial charge < -0.3 is 36.4 Å². The first-order valence-corrected chi connectivity index (χ1v) is 22.2. The van der Waals surface area contributed by atoms with Crippen LogP contribution in [-0.2, 0) is 28.8 Å². The predicted molar refractivity (Wildman–Crippen MR) is 223 cm³/mol. The lowest BCUT2D eigenvalue weighted by Gasteiger charge is -2.35. The summed E-state index contributed by atoms with van der Waals surface area (Å²) in [6, 6.07) is 5.24. The summed E-state index contributed by atoms with van der Waals surface area (Å²) in [7, 11) is 0. The lowest BCUT2D eigenvalue weighted by atomic mass is 9.83. The topological polar surface area (TPSA) is 228 Å². The van der Waals surface area contributed by atoms with Gasteiger partial charge in [-0.25, -0.2) is 9.59 Å². The normalized spacial score (nSPS) is 19.2. The number of aromatic carboxylic acids is 1. The van der Waals surface area contributed by atoms with Gasteiger partial charge in [0.1, 0.15) is 12.1 Å². The first kappa shape index (κ1) is 45.8. The zero-order valence-electron chi connectivity index (χ0n) is 32.3. The maximum atomic E-state index is 14.8. The molecule has 2 aromatic rings. The van der Waals surface area contributed by atoms with Crippen LogP contribution in [-0.4, -0.2) is 109 Å². The summed E-state index contributed by atoms with van der Waals surface area (Å²) in [5.74, 6) is -6.55. The van der Waals surface area contributed by atoms with E-state index in [9.17, 15) is 48.6 Å². The van der Waals surface area contributed by atoms with E-state index in [1.165, 1.54) is 17.0 Å². The molecule has 0 aromatic heterocycles. The number of Topliss-reactive ketones (excluding diaryl/α,β-unsaturated/α-hetero) is 1. The number of carboxylic acids is 2. The van der Waals surface area contributed by atoms with E-state index in [4.69, 9.17) is 23.2 Å². The minimum Gasteiger partial charge on any atom is -0.479 e. The number of carboxylic acid groups (broad SMARTS) is 2. The quantitative estimate of drug-likeness (QED) is 0.129. The van der Waals surface area contributed by atoms with E-state index in [0.29, 0.717) is 24.8 Å². The zero-order chi connectivity index (χ0) is 42.9. The van der Waals surface area contributed by atoms with Crippen molar-refractivity contribution in [2.45, 2.75) is 93.0 Å². The molecule has 4 atom stereocenters. The van der Waals surface area contributed by atoms with Crippen molar-refractivity contribution in [1.82, 2.24) is 26.2 Å². The first-order chi connectivity index (χ1) is 28.1. The number of benzene rings is 2. The Morgan fingerprint density at radius 3 is 2.12 bits per heavy atom. The third-order valence-corrected chi connectivity index (χ3v) is 14.7. The number of amides is 5. The highest BCUT2D eigenvalue weighted by atomic mass is 35.5. The Morgan fingerprint density at radius 2 is 1.51 bits per heavy atom. The van der Waals surface area contributed by atoms with Crippen LogP contribution >= 0.6 is 46.7 Å². The van der Waals surface area contributed by atoms with Crippen LogP contribution < -0.4 is 21.3 Å². The molecule has 1 unspecified atom stereocenters. The molecule has 3 aliphatic rings. The van der Waals surface area contributed by atoms with Crippen LogP contribution in [0.3, 0.4) is 0 Å². The maximum Gasteiger partial charge on any atom is 0.336 e. The Morgan fingerprint density at radius 1 is 0.864 bits per heavy atom. The molecule has 318 valence electrons.